The van der Waals surface area contributed by atoms with E-state index in [1.165, 1.54) is 6.07 Å². The third kappa shape index (κ3) is 3.51. The van der Waals surface area contributed by atoms with Crippen LogP contribution in [-0.2, 0) is 6.54 Å². The van der Waals surface area contributed by atoms with Crippen LogP contribution in [0, 0.1) is 17.0 Å². The lowest BCUT2D eigenvalue weighted by molar-refractivity contribution is -0.385. The highest BCUT2D eigenvalue weighted by atomic mass is 79.9. The van der Waals surface area contributed by atoms with E-state index in [9.17, 15) is 10.1 Å². The molecule has 0 aliphatic heterocycles. The SMILES string of the molecule is Cc1ccc(CNc2ccc(Br)c([N+](=O)[O-])c2)nc1. The predicted molar refractivity (Wildman–Crippen MR) is 77.1 cm³/mol. The van der Waals surface area contributed by atoms with E-state index in [2.05, 4.69) is 26.2 Å². The summed E-state index contributed by atoms with van der Waals surface area (Å²) in [5.74, 6) is 0. The van der Waals surface area contributed by atoms with Gasteiger partial charge in [0.15, 0.2) is 0 Å². The quantitative estimate of drug-likeness (QED) is 0.689. The number of nitro groups is 1. The summed E-state index contributed by atoms with van der Waals surface area (Å²) in [5, 5.41) is 13.9. The van der Waals surface area contributed by atoms with E-state index >= 15 is 0 Å². The highest BCUT2D eigenvalue weighted by Crippen LogP contribution is 2.27. The van der Waals surface area contributed by atoms with Crippen LogP contribution in [0.5, 0.6) is 0 Å². The van der Waals surface area contributed by atoms with E-state index in [4.69, 9.17) is 0 Å². The average Bonchev–Trinajstić information content (AvgIpc) is 2.39. The van der Waals surface area contributed by atoms with E-state index in [1.807, 2.05) is 19.1 Å². The Morgan fingerprint density at radius 3 is 2.79 bits per heavy atom. The monoisotopic (exact) mass is 321 g/mol. The number of hydrogen-bond acceptors (Lipinski definition) is 4. The van der Waals surface area contributed by atoms with Gasteiger partial charge in [-0.25, -0.2) is 0 Å². The fourth-order valence-corrected chi connectivity index (χ4v) is 1.95. The molecule has 0 saturated heterocycles. The Hall–Kier alpha value is -1.95. The van der Waals surface area contributed by atoms with E-state index in [1.54, 1.807) is 18.3 Å². The van der Waals surface area contributed by atoms with Gasteiger partial charge in [0, 0.05) is 18.0 Å². The van der Waals surface area contributed by atoms with Gasteiger partial charge in [-0.1, -0.05) is 6.07 Å². The number of nitrogens with one attached hydrogen (secondary N) is 1. The van der Waals surface area contributed by atoms with Crippen LogP contribution < -0.4 is 5.32 Å². The zero-order chi connectivity index (χ0) is 13.8. The summed E-state index contributed by atoms with van der Waals surface area (Å²) >= 11 is 3.15. The van der Waals surface area contributed by atoms with Gasteiger partial charge >= 0.3 is 0 Å². The highest BCUT2D eigenvalue weighted by molar-refractivity contribution is 9.10. The normalized spacial score (nSPS) is 10.2. The molecule has 19 heavy (non-hydrogen) atoms. The molecule has 1 aromatic carbocycles. The molecule has 0 saturated carbocycles. The van der Waals surface area contributed by atoms with Crippen molar-refractivity contribution in [3.63, 3.8) is 0 Å². The zero-order valence-corrected chi connectivity index (χ0v) is 11.8. The van der Waals surface area contributed by atoms with Crippen LogP contribution >= 0.6 is 15.9 Å². The molecule has 0 aliphatic rings. The summed E-state index contributed by atoms with van der Waals surface area (Å²) in [6.45, 7) is 2.50. The van der Waals surface area contributed by atoms with Gasteiger partial charge in [0.1, 0.15) is 0 Å². The Morgan fingerprint density at radius 1 is 1.37 bits per heavy atom. The molecular weight excluding hydrogens is 310 g/mol. The summed E-state index contributed by atoms with van der Waals surface area (Å²) in [6.07, 6.45) is 1.79. The Bertz CT molecular complexity index is 599. The lowest BCUT2D eigenvalue weighted by atomic mass is 10.2. The molecule has 0 unspecified atom stereocenters. The van der Waals surface area contributed by atoms with Gasteiger partial charge in [0.25, 0.3) is 5.69 Å². The number of rotatable bonds is 4. The number of aryl methyl sites for hydroxylation is 1. The molecule has 1 heterocycles. The summed E-state index contributed by atoms with van der Waals surface area (Å²) in [5.41, 5.74) is 2.72. The molecule has 5 nitrogen and oxygen atoms in total. The third-order valence-electron chi connectivity index (χ3n) is 2.59. The van der Waals surface area contributed by atoms with E-state index in [-0.39, 0.29) is 5.69 Å². The number of benzene rings is 1. The van der Waals surface area contributed by atoms with Crippen LogP contribution in [-0.4, -0.2) is 9.91 Å². The maximum atomic E-state index is 10.8. The van der Waals surface area contributed by atoms with Crippen LogP contribution in [0.25, 0.3) is 0 Å². The summed E-state index contributed by atoms with van der Waals surface area (Å²) in [4.78, 5) is 14.7. The average molecular weight is 322 g/mol. The maximum absolute atomic E-state index is 10.8. The van der Waals surface area contributed by atoms with Crippen molar-refractivity contribution in [1.29, 1.82) is 0 Å². The van der Waals surface area contributed by atoms with Crippen LogP contribution in [0.1, 0.15) is 11.3 Å². The lowest BCUT2D eigenvalue weighted by Gasteiger charge is -2.06. The summed E-state index contributed by atoms with van der Waals surface area (Å²) in [6, 6.07) is 8.84. The van der Waals surface area contributed by atoms with Crippen molar-refractivity contribution in [3.8, 4) is 0 Å². The number of aromatic nitrogens is 1. The van der Waals surface area contributed by atoms with E-state index < -0.39 is 4.92 Å². The van der Waals surface area contributed by atoms with Gasteiger partial charge in [-0.3, -0.25) is 15.1 Å². The van der Waals surface area contributed by atoms with Crippen molar-refractivity contribution >= 4 is 27.3 Å². The zero-order valence-electron chi connectivity index (χ0n) is 10.3. The number of hydrogen-bond donors (Lipinski definition) is 1. The number of pyridine rings is 1. The molecule has 0 amide bonds. The topological polar surface area (TPSA) is 68.1 Å². The number of nitro benzene ring substituents is 1. The van der Waals surface area contributed by atoms with Crippen molar-refractivity contribution in [3.05, 3.63) is 62.4 Å². The molecule has 0 atom stereocenters. The second kappa shape index (κ2) is 5.79. The largest absolute Gasteiger partial charge is 0.379 e. The van der Waals surface area contributed by atoms with Crippen molar-refractivity contribution in [2.75, 3.05) is 5.32 Å². The molecule has 6 heteroatoms. The van der Waals surface area contributed by atoms with Crippen molar-refractivity contribution in [2.45, 2.75) is 13.5 Å². The van der Waals surface area contributed by atoms with Gasteiger partial charge in [0.05, 0.1) is 21.6 Å². The summed E-state index contributed by atoms with van der Waals surface area (Å²) < 4.78 is 0.469. The Labute approximate surface area is 119 Å². The Morgan fingerprint density at radius 2 is 2.16 bits per heavy atom. The molecule has 2 rings (SSSR count). The van der Waals surface area contributed by atoms with Crippen LogP contribution in [0.2, 0.25) is 0 Å². The van der Waals surface area contributed by atoms with Crippen molar-refractivity contribution < 1.29 is 4.92 Å². The summed E-state index contributed by atoms with van der Waals surface area (Å²) in [7, 11) is 0. The fraction of sp³-hybridized carbons (Fsp3) is 0.154. The van der Waals surface area contributed by atoms with Gasteiger partial charge in [-0.05, 0) is 46.6 Å². The van der Waals surface area contributed by atoms with Crippen LogP contribution in [0.4, 0.5) is 11.4 Å². The van der Waals surface area contributed by atoms with E-state index in [0.717, 1.165) is 11.3 Å². The number of halogens is 1. The smallest absolute Gasteiger partial charge is 0.285 e. The fourth-order valence-electron chi connectivity index (χ4n) is 1.56. The van der Waals surface area contributed by atoms with Crippen molar-refractivity contribution in [1.82, 2.24) is 4.98 Å². The van der Waals surface area contributed by atoms with Crippen LogP contribution in [0.3, 0.4) is 0 Å². The minimum Gasteiger partial charge on any atom is -0.379 e. The number of nitrogens with zero attached hydrogens (tertiary/aromatic N) is 2. The molecule has 0 fully saturated rings. The second-order valence-electron chi connectivity index (χ2n) is 4.10. The second-order valence-corrected chi connectivity index (χ2v) is 4.96. The first-order valence-corrected chi connectivity index (χ1v) is 6.45. The molecular formula is C13H12BrN3O2. The predicted octanol–water partition coefficient (Wildman–Crippen LogP) is 3.67. The first kappa shape index (κ1) is 13.5. The van der Waals surface area contributed by atoms with Gasteiger partial charge in [-0.2, -0.15) is 0 Å². The van der Waals surface area contributed by atoms with Gasteiger partial charge in [-0.15, -0.1) is 0 Å². The number of anilines is 1. The third-order valence-corrected chi connectivity index (χ3v) is 3.26. The Kier molecular flexibility index (Phi) is 4.11. The molecule has 0 bridgehead atoms. The van der Waals surface area contributed by atoms with Crippen LogP contribution in [0.15, 0.2) is 41.0 Å². The highest BCUT2D eigenvalue weighted by Gasteiger charge is 2.12. The molecule has 0 aliphatic carbocycles. The minimum absolute atomic E-state index is 0.0434. The van der Waals surface area contributed by atoms with E-state index in [0.29, 0.717) is 16.7 Å². The minimum atomic E-state index is -0.417. The first-order valence-electron chi connectivity index (χ1n) is 5.65. The molecule has 98 valence electrons. The molecule has 1 N–H and O–H groups in total. The van der Waals surface area contributed by atoms with Gasteiger partial charge in [0.2, 0.25) is 0 Å². The van der Waals surface area contributed by atoms with Crippen molar-refractivity contribution in [2.24, 2.45) is 0 Å². The molecule has 1 aromatic heterocycles. The first-order chi connectivity index (χ1) is 9.06. The maximum Gasteiger partial charge on any atom is 0.285 e. The standard InChI is InChI=1S/C13H12BrN3O2/c1-9-2-3-11(15-7-9)8-16-10-4-5-12(14)13(6-10)17(18)19/h2-7,16H,8H2,1H3. The lowest BCUT2D eigenvalue weighted by Crippen LogP contribution is -2.02. The molecule has 0 radical (unpaired) electrons. The molecule has 2 aromatic rings. The molecule has 0 spiro atoms. The Balaban J connectivity index is 2.09. The van der Waals surface area contributed by atoms with Gasteiger partial charge < -0.3 is 5.32 Å².